The first-order chi connectivity index (χ1) is 16.6. The highest BCUT2D eigenvalue weighted by Gasteiger charge is 2.42. The van der Waals surface area contributed by atoms with Crippen molar-refractivity contribution in [2.24, 2.45) is 0 Å². The van der Waals surface area contributed by atoms with Gasteiger partial charge in [-0.25, -0.2) is 4.98 Å². The van der Waals surface area contributed by atoms with Crippen molar-refractivity contribution in [3.8, 4) is 17.1 Å². The number of pyridine rings is 1. The summed E-state index contributed by atoms with van der Waals surface area (Å²) < 4.78 is 43.9. The van der Waals surface area contributed by atoms with E-state index in [1.807, 2.05) is 0 Å². The maximum atomic E-state index is 14.3. The van der Waals surface area contributed by atoms with Crippen LogP contribution in [0.15, 0.2) is 55.0 Å². The van der Waals surface area contributed by atoms with Crippen LogP contribution in [0.25, 0.3) is 17.1 Å². The minimum atomic E-state index is -4.83. The summed E-state index contributed by atoms with van der Waals surface area (Å²) in [5, 5.41) is 14.6. The fourth-order valence-electron chi connectivity index (χ4n) is 3.38. The number of hydrogen-bond acceptors (Lipinski definition) is 6. The summed E-state index contributed by atoms with van der Waals surface area (Å²) in [6, 6.07) is 9.29. The number of amides is 1. The van der Waals surface area contributed by atoms with E-state index in [1.165, 1.54) is 41.6 Å². The highest BCUT2D eigenvalue weighted by Crippen LogP contribution is 2.39. The van der Waals surface area contributed by atoms with Crippen LogP contribution in [0.2, 0.25) is 5.02 Å². The second kappa shape index (κ2) is 9.84. The average molecular weight is 505 g/mol. The van der Waals surface area contributed by atoms with Crippen LogP contribution in [0, 0.1) is 0 Å². The van der Waals surface area contributed by atoms with Gasteiger partial charge in [0.2, 0.25) is 0 Å². The molecule has 0 saturated carbocycles. The fourth-order valence-corrected chi connectivity index (χ4v) is 3.62. The lowest BCUT2D eigenvalue weighted by Gasteiger charge is -2.14. The molecule has 3 aromatic heterocycles. The molecule has 1 aromatic carbocycles. The number of nitrogens with zero attached hydrogens (tertiary/aromatic N) is 7. The summed E-state index contributed by atoms with van der Waals surface area (Å²) in [4.78, 5) is 20.3. The number of carbonyl (C=O) groups is 1. The summed E-state index contributed by atoms with van der Waals surface area (Å²) in [7, 11) is 3.55. The molecule has 0 aliphatic heterocycles. The van der Waals surface area contributed by atoms with E-state index in [0.29, 0.717) is 6.54 Å². The number of benzene rings is 1. The number of likely N-dealkylation sites (N-methyl/N-ethyl adjacent to an activating group) is 1. The minimum absolute atomic E-state index is 0.0641. The third kappa shape index (κ3) is 5.33. The standard InChI is InChI=1S/C22H20ClF3N8O/c1-32(2)10-11-33-19(17(22(24,25)26)18(31-33)14-6-4-3-5-7-14)21(35)30-15-12-16(23)20(27-13-15)34-28-8-9-29-34/h3-9,12-13H,10-11H2,1-2H3,(H,30,35). The number of hydrogen-bond donors (Lipinski definition) is 1. The molecular formula is C22H20ClF3N8O. The van der Waals surface area contributed by atoms with E-state index < -0.39 is 23.3 Å². The highest BCUT2D eigenvalue weighted by atomic mass is 35.5. The quantitative estimate of drug-likeness (QED) is 0.409. The van der Waals surface area contributed by atoms with E-state index in [2.05, 4.69) is 25.6 Å². The van der Waals surface area contributed by atoms with Gasteiger partial charge in [-0.05, 0) is 20.2 Å². The zero-order valence-electron chi connectivity index (χ0n) is 18.7. The molecule has 1 N–H and O–H groups in total. The summed E-state index contributed by atoms with van der Waals surface area (Å²) in [6.45, 7) is 0.432. The molecule has 13 heteroatoms. The van der Waals surface area contributed by atoms with Crippen molar-refractivity contribution in [3.63, 3.8) is 0 Å². The first-order valence-electron chi connectivity index (χ1n) is 10.4. The van der Waals surface area contributed by atoms with Crippen LogP contribution in [0.3, 0.4) is 0 Å². The predicted octanol–water partition coefficient (Wildman–Crippen LogP) is 4.01. The van der Waals surface area contributed by atoms with Gasteiger partial charge in [-0.2, -0.15) is 28.5 Å². The van der Waals surface area contributed by atoms with Crippen molar-refractivity contribution in [1.29, 1.82) is 0 Å². The summed E-state index contributed by atoms with van der Waals surface area (Å²) in [6.07, 6.45) is -0.703. The molecule has 0 aliphatic rings. The van der Waals surface area contributed by atoms with Crippen LogP contribution in [-0.4, -0.2) is 61.2 Å². The van der Waals surface area contributed by atoms with Crippen LogP contribution in [0.5, 0.6) is 0 Å². The van der Waals surface area contributed by atoms with Crippen molar-refractivity contribution in [2.45, 2.75) is 12.7 Å². The molecule has 1 amide bonds. The molecule has 4 aromatic rings. The second-order valence-electron chi connectivity index (χ2n) is 7.76. The lowest BCUT2D eigenvalue weighted by atomic mass is 10.0. The molecule has 0 unspecified atom stereocenters. The van der Waals surface area contributed by atoms with Gasteiger partial charge >= 0.3 is 6.18 Å². The van der Waals surface area contributed by atoms with Gasteiger partial charge in [0.15, 0.2) is 5.82 Å². The Morgan fingerprint density at radius 1 is 1.14 bits per heavy atom. The fraction of sp³-hybridized carbons (Fsp3) is 0.227. The van der Waals surface area contributed by atoms with E-state index in [0.717, 1.165) is 4.68 Å². The van der Waals surface area contributed by atoms with Gasteiger partial charge in [-0.3, -0.25) is 9.48 Å². The first-order valence-corrected chi connectivity index (χ1v) is 10.7. The SMILES string of the molecule is CN(C)CCn1nc(-c2ccccc2)c(C(F)(F)F)c1C(=O)Nc1cnc(-n2nccn2)c(Cl)c1. The Labute approximate surface area is 203 Å². The summed E-state index contributed by atoms with van der Waals surface area (Å²) in [5.74, 6) is -0.790. The van der Waals surface area contributed by atoms with Crippen molar-refractivity contribution in [1.82, 2.24) is 34.7 Å². The second-order valence-corrected chi connectivity index (χ2v) is 8.17. The van der Waals surface area contributed by atoms with E-state index >= 15 is 0 Å². The molecule has 0 spiro atoms. The Morgan fingerprint density at radius 2 is 1.83 bits per heavy atom. The molecule has 0 fully saturated rings. The zero-order chi connectivity index (χ0) is 25.2. The van der Waals surface area contributed by atoms with Gasteiger partial charge in [0.25, 0.3) is 5.91 Å². The summed E-state index contributed by atoms with van der Waals surface area (Å²) in [5.41, 5.74) is -1.69. The van der Waals surface area contributed by atoms with Gasteiger partial charge in [-0.15, -0.1) is 4.80 Å². The molecule has 0 bridgehead atoms. The van der Waals surface area contributed by atoms with Crippen LogP contribution in [0.4, 0.5) is 18.9 Å². The first kappa shape index (κ1) is 24.4. The van der Waals surface area contributed by atoms with E-state index in [9.17, 15) is 18.0 Å². The highest BCUT2D eigenvalue weighted by molar-refractivity contribution is 6.32. The third-order valence-electron chi connectivity index (χ3n) is 4.95. The molecule has 4 rings (SSSR count). The molecule has 0 saturated heterocycles. The Morgan fingerprint density at radius 3 is 2.43 bits per heavy atom. The third-order valence-corrected chi connectivity index (χ3v) is 5.22. The van der Waals surface area contributed by atoms with Crippen molar-refractivity contribution >= 4 is 23.2 Å². The number of aromatic nitrogens is 6. The van der Waals surface area contributed by atoms with Crippen molar-refractivity contribution in [2.75, 3.05) is 26.0 Å². The number of carbonyl (C=O) groups excluding carboxylic acids is 1. The number of anilines is 1. The van der Waals surface area contributed by atoms with E-state index in [-0.39, 0.29) is 34.3 Å². The molecule has 0 atom stereocenters. The molecular weight excluding hydrogens is 485 g/mol. The van der Waals surface area contributed by atoms with Gasteiger partial charge in [-0.1, -0.05) is 41.9 Å². The number of nitrogens with one attached hydrogen (secondary N) is 1. The van der Waals surface area contributed by atoms with Crippen molar-refractivity contribution in [3.05, 3.63) is 71.3 Å². The topological polar surface area (TPSA) is 93.8 Å². The van der Waals surface area contributed by atoms with Gasteiger partial charge < -0.3 is 10.2 Å². The Kier molecular flexibility index (Phi) is 6.85. The molecule has 182 valence electrons. The average Bonchev–Trinajstić information content (AvgIpc) is 3.46. The molecule has 35 heavy (non-hydrogen) atoms. The lowest BCUT2D eigenvalue weighted by Crippen LogP contribution is -2.25. The molecule has 9 nitrogen and oxygen atoms in total. The Bertz CT molecular complexity index is 1320. The van der Waals surface area contributed by atoms with Crippen LogP contribution < -0.4 is 5.32 Å². The minimum Gasteiger partial charge on any atom is -0.319 e. The van der Waals surface area contributed by atoms with Crippen LogP contribution in [0.1, 0.15) is 16.1 Å². The predicted molar refractivity (Wildman–Crippen MR) is 123 cm³/mol. The number of rotatable bonds is 7. The zero-order valence-corrected chi connectivity index (χ0v) is 19.4. The maximum absolute atomic E-state index is 14.3. The van der Waals surface area contributed by atoms with Gasteiger partial charge in [0.1, 0.15) is 17.0 Å². The lowest BCUT2D eigenvalue weighted by molar-refractivity contribution is -0.137. The Hall–Kier alpha value is -3.77. The smallest absolute Gasteiger partial charge is 0.319 e. The van der Waals surface area contributed by atoms with E-state index in [4.69, 9.17) is 11.6 Å². The van der Waals surface area contributed by atoms with Gasteiger partial charge in [0.05, 0.1) is 35.8 Å². The monoisotopic (exact) mass is 504 g/mol. The van der Waals surface area contributed by atoms with Crippen LogP contribution >= 0.6 is 11.6 Å². The van der Waals surface area contributed by atoms with Crippen LogP contribution in [-0.2, 0) is 12.7 Å². The van der Waals surface area contributed by atoms with E-state index in [1.54, 1.807) is 37.2 Å². The maximum Gasteiger partial charge on any atom is 0.420 e. The largest absolute Gasteiger partial charge is 0.420 e. The molecule has 0 aliphatic carbocycles. The number of halogens is 4. The Balaban J connectivity index is 1.76. The van der Waals surface area contributed by atoms with Gasteiger partial charge in [0, 0.05) is 12.1 Å². The molecule has 0 radical (unpaired) electrons. The summed E-state index contributed by atoms with van der Waals surface area (Å²) >= 11 is 6.24. The normalized spacial score (nSPS) is 11.7. The van der Waals surface area contributed by atoms with Crippen molar-refractivity contribution < 1.29 is 18.0 Å². The number of alkyl halides is 3. The molecule has 3 heterocycles.